The van der Waals surface area contributed by atoms with Crippen molar-refractivity contribution in [3.8, 4) is 5.69 Å². The van der Waals surface area contributed by atoms with E-state index >= 15 is 0 Å². The van der Waals surface area contributed by atoms with Crippen LogP contribution < -0.4 is 10.9 Å². The Hall–Kier alpha value is -3.91. The lowest BCUT2D eigenvalue weighted by Gasteiger charge is -2.21. The summed E-state index contributed by atoms with van der Waals surface area (Å²) in [7, 11) is 0. The number of hydrogen-bond acceptors (Lipinski definition) is 7. The number of aromatic nitrogens is 4. The molecule has 1 atom stereocenters. The Morgan fingerprint density at radius 2 is 1.90 bits per heavy atom. The van der Waals surface area contributed by atoms with E-state index in [4.69, 9.17) is 0 Å². The molecule has 3 heterocycles. The Bertz CT molecular complexity index is 1480. The summed E-state index contributed by atoms with van der Waals surface area (Å²) in [6.07, 6.45) is 2.22. The van der Waals surface area contributed by atoms with Crippen molar-refractivity contribution in [3.63, 3.8) is 0 Å². The molecule has 0 bridgehead atoms. The van der Waals surface area contributed by atoms with Crippen LogP contribution >= 0.6 is 11.3 Å². The molecule has 0 aliphatic rings. The Kier molecular flexibility index (Phi) is 4.76. The van der Waals surface area contributed by atoms with Gasteiger partial charge in [0.2, 0.25) is 0 Å². The van der Waals surface area contributed by atoms with Crippen molar-refractivity contribution in [2.75, 3.05) is 5.32 Å². The first-order valence-electron chi connectivity index (χ1n) is 9.67. The van der Waals surface area contributed by atoms with Gasteiger partial charge in [-0.25, -0.2) is 15.0 Å². The van der Waals surface area contributed by atoms with Crippen molar-refractivity contribution in [2.24, 2.45) is 0 Å². The lowest BCUT2D eigenvalue weighted by molar-refractivity contribution is 0.112. The van der Waals surface area contributed by atoms with Crippen molar-refractivity contribution in [3.05, 3.63) is 88.0 Å². The maximum absolute atomic E-state index is 13.6. The zero-order valence-electron chi connectivity index (χ0n) is 16.5. The highest BCUT2D eigenvalue weighted by molar-refractivity contribution is 7.16. The van der Waals surface area contributed by atoms with Gasteiger partial charge in [0.15, 0.2) is 12.1 Å². The van der Waals surface area contributed by atoms with Gasteiger partial charge in [-0.15, -0.1) is 11.3 Å². The molecule has 7 nitrogen and oxygen atoms in total. The summed E-state index contributed by atoms with van der Waals surface area (Å²) in [6.45, 7) is 1.96. The van der Waals surface area contributed by atoms with Crippen LogP contribution in [-0.2, 0) is 0 Å². The van der Waals surface area contributed by atoms with E-state index in [0.29, 0.717) is 27.7 Å². The van der Waals surface area contributed by atoms with Crippen molar-refractivity contribution in [1.29, 1.82) is 0 Å². The SMILES string of the molecule is C[C@H](Nc1ncnc2scnc12)c1cc2cccc(C=O)c2c(=O)n1-c1ccccc1. The summed E-state index contributed by atoms with van der Waals surface area (Å²) in [6, 6.07) is 16.3. The normalized spacial score (nSPS) is 12.2. The van der Waals surface area contributed by atoms with Gasteiger partial charge in [0, 0.05) is 16.9 Å². The van der Waals surface area contributed by atoms with E-state index in [1.54, 1.807) is 22.2 Å². The number of carbonyl (C=O) groups is 1. The molecular weight excluding hydrogens is 410 g/mol. The number of anilines is 1. The predicted octanol–water partition coefficient (Wildman–Crippen LogP) is 4.38. The van der Waals surface area contributed by atoms with Crippen LogP contribution in [0.2, 0.25) is 0 Å². The van der Waals surface area contributed by atoms with Crippen molar-refractivity contribution in [2.45, 2.75) is 13.0 Å². The number of rotatable bonds is 5. The topological polar surface area (TPSA) is 89.8 Å². The second-order valence-corrected chi connectivity index (χ2v) is 7.90. The number of fused-ring (bicyclic) bond motifs is 2. The van der Waals surface area contributed by atoms with Crippen LogP contribution in [0.1, 0.15) is 29.0 Å². The van der Waals surface area contributed by atoms with Crippen molar-refractivity contribution >= 4 is 44.6 Å². The number of nitrogens with zero attached hydrogens (tertiary/aromatic N) is 4. The van der Waals surface area contributed by atoms with E-state index in [1.165, 1.54) is 17.7 Å². The number of nitrogens with one attached hydrogen (secondary N) is 1. The second-order valence-electron chi connectivity index (χ2n) is 7.07. The van der Waals surface area contributed by atoms with Gasteiger partial charge in [-0.1, -0.05) is 36.4 Å². The molecule has 0 unspecified atom stereocenters. The van der Waals surface area contributed by atoms with E-state index in [9.17, 15) is 9.59 Å². The second kappa shape index (κ2) is 7.73. The molecule has 0 saturated heterocycles. The fourth-order valence-corrected chi connectivity index (χ4v) is 4.38. The van der Waals surface area contributed by atoms with E-state index < -0.39 is 0 Å². The first kappa shape index (κ1) is 19.1. The summed E-state index contributed by atoms with van der Waals surface area (Å²) in [5.41, 5.74) is 4.02. The first-order valence-corrected chi connectivity index (χ1v) is 10.6. The maximum atomic E-state index is 13.6. The Morgan fingerprint density at radius 1 is 1.06 bits per heavy atom. The number of thiazole rings is 1. The maximum Gasteiger partial charge on any atom is 0.263 e. The van der Waals surface area contributed by atoms with Gasteiger partial charge in [0.25, 0.3) is 5.56 Å². The third-order valence-electron chi connectivity index (χ3n) is 5.18. The molecule has 1 N–H and O–H groups in total. The van der Waals surface area contributed by atoms with Crippen LogP contribution in [0.25, 0.3) is 26.8 Å². The summed E-state index contributed by atoms with van der Waals surface area (Å²) >= 11 is 1.44. The molecule has 5 rings (SSSR count). The first-order chi connectivity index (χ1) is 15.2. The van der Waals surface area contributed by atoms with Crippen LogP contribution in [0.3, 0.4) is 0 Å². The third kappa shape index (κ3) is 3.27. The standard InChI is InChI=1S/C23H17N5O2S/c1-14(27-21-20-22(25-12-24-21)31-13-26-20)18-10-15-6-5-7-16(11-29)19(15)23(30)28(18)17-8-3-2-4-9-17/h2-14H,1H3,(H,24,25,27)/t14-/m0/s1. The summed E-state index contributed by atoms with van der Waals surface area (Å²) in [5, 5.41) is 4.50. The minimum absolute atomic E-state index is 0.239. The summed E-state index contributed by atoms with van der Waals surface area (Å²) in [4.78, 5) is 38.9. The van der Waals surface area contributed by atoms with E-state index in [-0.39, 0.29) is 11.6 Å². The average Bonchev–Trinajstić information content (AvgIpc) is 3.29. The van der Waals surface area contributed by atoms with Crippen molar-refractivity contribution in [1.82, 2.24) is 19.5 Å². The third-order valence-corrected chi connectivity index (χ3v) is 5.91. The van der Waals surface area contributed by atoms with Crippen molar-refractivity contribution < 1.29 is 4.79 Å². The quantitative estimate of drug-likeness (QED) is 0.419. The fourth-order valence-electron chi connectivity index (χ4n) is 3.75. The van der Waals surface area contributed by atoms with Crippen LogP contribution in [0.4, 0.5) is 5.82 Å². The smallest absolute Gasteiger partial charge is 0.263 e. The number of aldehydes is 1. The summed E-state index contributed by atoms with van der Waals surface area (Å²) < 4.78 is 1.65. The van der Waals surface area contributed by atoms with E-state index in [0.717, 1.165) is 22.5 Å². The number of carbonyl (C=O) groups excluding carboxylic acids is 1. The van der Waals surface area contributed by atoms with Gasteiger partial charge in [-0.3, -0.25) is 14.2 Å². The zero-order chi connectivity index (χ0) is 21.4. The number of benzene rings is 2. The largest absolute Gasteiger partial charge is 0.360 e. The molecule has 2 aromatic carbocycles. The number of pyridine rings is 1. The predicted molar refractivity (Wildman–Crippen MR) is 122 cm³/mol. The van der Waals surface area contributed by atoms with Crippen LogP contribution in [0.15, 0.2) is 71.2 Å². The molecular formula is C23H17N5O2S. The van der Waals surface area contributed by atoms with Crippen LogP contribution in [0, 0.1) is 0 Å². The number of para-hydroxylation sites is 1. The molecule has 0 amide bonds. The molecule has 152 valence electrons. The average molecular weight is 427 g/mol. The van der Waals surface area contributed by atoms with Gasteiger partial charge in [-0.05, 0) is 30.5 Å². The molecule has 5 aromatic rings. The lowest BCUT2D eigenvalue weighted by atomic mass is 10.0. The molecule has 0 fully saturated rings. The highest BCUT2D eigenvalue weighted by atomic mass is 32.1. The molecule has 0 radical (unpaired) electrons. The zero-order valence-corrected chi connectivity index (χ0v) is 17.3. The van der Waals surface area contributed by atoms with E-state index in [2.05, 4.69) is 20.3 Å². The molecule has 0 saturated carbocycles. The Balaban J connectivity index is 1.73. The van der Waals surface area contributed by atoms with Crippen LogP contribution in [-0.4, -0.2) is 25.8 Å². The van der Waals surface area contributed by atoms with E-state index in [1.807, 2.05) is 49.4 Å². The highest BCUT2D eigenvalue weighted by Gasteiger charge is 2.19. The number of hydrogen-bond donors (Lipinski definition) is 1. The fraction of sp³-hybridized carbons (Fsp3) is 0.0870. The monoisotopic (exact) mass is 427 g/mol. The molecule has 0 aliphatic carbocycles. The van der Waals surface area contributed by atoms with Crippen LogP contribution in [0.5, 0.6) is 0 Å². The van der Waals surface area contributed by atoms with Gasteiger partial charge < -0.3 is 5.32 Å². The molecule has 8 heteroatoms. The summed E-state index contributed by atoms with van der Waals surface area (Å²) in [5.74, 6) is 0.604. The van der Waals surface area contributed by atoms with Gasteiger partial charge in [-0.2, -0.15) is 0 Å². The van der Waals surface area contributed by atoms with Gasteiger partial charge >= 0.3 is 0 Å². The lowest BCUT2D eigenvalue weighted by Crippen LogP contribution is -2.26. The molecule has 0 spiro atoms. The minimum atomic E-state index is -0.281. The Morgan fingerprint density at radius 3 is 2.71 bits per heavy atom. The molecule has 31 heavy (non-hydrogen) atoms. The molecule has 0 aliphatic heterocycles. The highest BCUT2D eigenvalue weighted by Crippen LogP contribution is 2.27. The van der Waals surface area contributed by atoms with Gasteiger partial charge in [0.1, 0.15) is 16.7 Å². The minimum Gasteiger partial charge on any atom is -0.360 e. The Labute approximate surface area is 181 Å². The van der Waals surface area contributed by atoms with Gasteiger partial charge in [0.05, 0.1) is 16.9 Å². The molecule has 3 aromatic heterocycles.